The van der Waals surface area contributed by atoms with Crippen molar-refractivity contribution in [3.8, 4) is 0 Å². The molecule has 0 bridgehead atoms. The van der Waals surface area contributed by atoms with Crippen LogP contribution in [0.4, 0.5) is 5.69 Å². The molecule has 0 saturated carbocycles. The van der Waals surface area contributed by atoms with Gasteiger partial charge in [-0.1, -0.05) is 0 Å². The Bertz CT molecular complexity index is 475. The third-order valence-corrected chi connectivity index (χ3v) is 1.75. The average molecular weight is 177 g/mol. The molecule has 0 aliphatic rings. The fourth-order valence-corrected chi connectivity index (χ4v) is 1.16. The number of carboxylic acid groups (broad SMARTS) is 1. The van der Waals surface area contributed by atoms with Crippen molar-refractivity contribution in [2.45, 2.75) is 0 Å². The maximum absolute atomic E-state index is 10.7. The lowest BCUT2D eigenvalue weighted by atomic mass is 10.4. The highest BCUT2D eigenvalue weighted by Gasteiger charge is 2.09. The second-order valence-corrected chi connectivity index (χ2v) is 2.64. The Hall–Kier alpha value is -2.04. The van der Waals surface area contributed by atoms with Gasteiger partial charge in [-0.2, -0.15) is 0 Å². The van der Waals surface area contributed by atoms with Crippen LogP contribution in [0.25, 0.3) is 5.65 Å². The molecule has 2 rings (SSSR count). The van der Waals surface area contributed by atoms with E-state index in [0.717, 1.165) is 0 Å². The van der Waals surface area contributed by atoms with Gasteiger partial charge in [-0.15, -0.1) is 0 Å². The molecule has 2 aromatic heterocycles. The van der Waals surface area contributed by atoms with Crippen molar-refractivity contribution in [2.24, 2.45) is 0 Å². The second-order valence-electron chi connectivity index (χ2n) is 2.64. The van der Waals surface area contributed by atoms with Crippen LogP contribution >= 0.6 is 0 Å². The molecule has 66 valence electrons. The predicted octanol–water partition coefficient (Wildman–Crippen LogP) is 0.615. The third kappa shape index (κ3) is 1.10. The van der Waals surface area contributed by atoms with Crippen molar-refractivity contribution >= 4 is 17.3 Å². The van der Waals surface area contributed by atoms with Crippen LogP contribution in [0.3, 0.4) is 0 Å². The number of carbonyl (C=O) groups is 1. The largest absolute Gasteiger partial charge is 0.477 e. The predicted molar refractivity (Wildman–Crippen MR) is 46.6 cm³/mol. The topological polar surface area (TPSA) is 80.6 Å². The number of nitrogens with zero attached hydrogens (tertiary/aromatic N) is 2. The first-order valence-corrected chi connectivity index (χ1v) is 3.64. The number of imidazole rings is 1. The highest BCUT2D eigenvalue weighted by atomic mass is 16.4. The molecule has 0 radical (unpaired) electrons. The number of carboxylic acids is 1. The summed E-state index contributed by atoms with van der Waals surface area (Å²) in [6.45, 7) is 0. The number of rotatable bonds is 1. The van der Waals surface area contributed by atoms with Crippen molar-refractivity contribution < 1.29 is 9.90 Å². The molecular weight excluding hydrogens is 170 g/mol. The van der Waals surface area contributed by atoms with Crippen molar-refractivity contribution in [2.75, 3.05) is 5.73 Å². The summed E-state index contributed by atoms with van der Waals surface area (Å²) < 4.78 is 1.44. The molecular formula is C8H7N3O2. The van der Waals surface area contributed by atoms with Crippen LogP contribution in [0.15, 0.2) is 24.5 Å². The molecule has 0 amide bonds. The summed E-state index contributed by atoms with van der Waals surface area (Å²) in [5.41, 5.74) is 6.71. The minimum absolute atomic E-state index is 0.113. The third-order valence-electron chi connectivity index (χ3n) is 1.75. The number of hydrogen-bond acceptors (Lipinski definition) is 3. The molecule has 5 nitrogen and oxygen atoms in total. The molecule has 2 aromatic rings. The summed E-state index contributed by atoms with van der Waals surface area (Å²) >= 11 is 0. The minimum Gasteiger partial charge on any atom is -0.477 e. The second kappa shape index (κ2) is 2.48. The summed E-state index contributed by atoms with van der Waals surface area (Å²) in [7, 11) is 0. The van der Waals surface area contributed by atoms with E-state index in [4.69, 9.17) is 10.8 Å². The first-order valence-electron chi connectivity index (χ1n) is 3.64. The number of pyridine rings is 1. The van der Waals surface area contributed by atoms with Gasteiger partial charge in [0.1, 0.15) is 5.65 Å². The van der Waals surface area contributed by atoms with E-state index in [-0.39, 0.29) is 5.69 Å². The van der Waals surface area contributed by atoms with Crippen molar-refractivity contribution in [3.63, 3.8) is 0 Å². The van der Waals surface area contributed by atoms with Crippen LogP contribution in [-0.4, -0.2) is 20.5 Å². The van der Waals surface area contributed by atoms with E-state index < -0.39 is 5.97 Å². The van der Waals surface area contributed by atoms with E-state index in [2.05, 4.69) is 4.98 Å². The molecule has 0 aliphatic heterocycles. The Morgan fingerprint density at radius 3 is 3.00 bits per heavy atom. The average Bonchev–Trinajstić information content (AvgIpc) is 2.46. The lowest BCUT2D eigenvalue weighted by Crippen LogP contribution is -2.01. The van der Waals surface area contributed by atoms with Gasteiger partial charge >= 0.3 is 5.97 Å². The maximum Gasteiger partial charge on any atom is 0.354 e. The maximum atomic E-state index is 10.7. The summed E-state index contributed by atoms with van der Waals surface area (Å²) in [6, 6.07) is 3.34. The molecule has 0 atom stereocenters. The standard InChI is InChI=1S/C8H7N3O2/c9-5-1-2-7-10-3-6(8(12)13)11(7)4-5/h1-4H,9H2,(H,12,13). The highest BCUT2D eigenvalue weighted by molar-refractivity contribution is 5.86. The fraction of sp³-hybridized carbons (Fsp3) is 0. The van der Waals surface area contributed by atoms with Crippen LogP contribution in [0.1, 0.15) is 10.5 Å². The normalized spacial score (nSPS) is 10.5. The van der Waals surface area contributed by atoms with Gasteiger partial charge in [-0.3, -0.25) is 4.40 Å². The zero-order valence-electron chi connectivity index (χ0n) is 6.64. The van der Waals surface area contributed by atoms with E-state index in [0.29, 0.717) is 11.3 Å². The smallest absolute Gasteiger partial charge is 0.354 e. The fourth-order valence-electron chi connectivity index (χ4n) is 1.16. The van der Waals surface area contributed by atoms with Gasteiger partial charge in [0.05, 0.1) is 6.20 Å². The van der Waals surface area contributed by atoms with Gasteiger partial charge in [0.2, 0.25) is 0 Å². The first kappa shape index (κ1) is 7.60. The first-order chi connectivity index (χ1) is 6.18. The van der Waals surface area contributed by atoms with E-state index >= 15 is 0 Å². The highest BCUT2D eigenvalue weighted by Crippen LogP contribution is 2.09. The summed E-state index contributed by atoms with van der Waals surface area (Å²) in [6.07, 6.45) is 2.84. The van der Waals surface area contributed by atoms with Crippen molar-refractivity contribution in [3.05, 3.63) is 30.2 Å². The Kier molecular flexibility index (Phi) is 1.45. The number of anilines is 1. The number of aromatic carboxylic acids is 1. The molecule has 2 heterocycles. The summed E-state index contributed by atoms with van der Waals surface area (Å²) in [5.74, 6) is -1.02. The molecule has 13 heavy (non-hydrogen) atoms. The molecule has 0 aliphatic carbocycles. The number of nitrogens with two attached hydrogens (primary N) is 1. The lowest BCUT2D eigenvalue weighted by Gasteiger charge is -1.97. The van der Waals surface area contributed by atoms with Crippen LogP contribution in [0.2, 0.25) is 0 Å². The van der Waals surface area contributed by atoms with E-state index in [1.807, 2.05) is 0 Å². The molecule has 0 saturated heterocycles. The van der Waals surface area contributed by atoms with E-state index in [1.165, 1.54) is 16.8 Å². The summed E-state index contributed by atoms with van der Waals surface area (Å²) in [4.78, 5) is 14.6. The molecule has 5 heteroatoms. The van der Waals surface area contributed by atoms with Crippen molar-refractivity contribution in [1.82, 2.24) is 9.38 Å². The van der Waals surface area contributed by atoms with Crippen LogP contribution in [0.5, 0.6) is 0 Å². The van der Waals surface area contributed by atoms with Gasteiger partial charge in [0, 0.05) is 11.9 Å². The quantitative estimate of drug-likeness (QED) is 0.668. The summed E-state index contributed by atoms with van der Waals surface area (Å²) in [5, 5.41) is 8.76. The number of nitrogen functional groups attached to an aromatic ring is 1. The van der Waals surface area contributed by atoms with Gasteiger partial charge in [0.25, 0.3) is 0 Å². The molecule has 0 spiro atoms. The Morgan fingerprint density at radius 1 is 1.54 bits per heavy atom. The van der Waals surface area contributed by atoms with E-state index in [1.54, 1.807) is 12.1 Å². The van der Waals surface area contributed by atoms with Gasteiger partial charge in [0.15, 0.2) is 5.69 Å². The van der Waals surface area contributed by atoms with Gasteiger partial charge < -0.3 is 10.8 Å². The lowest BCUT2D eigenvalue weighted by molar-refractivity contribution is 0.0689. The number of hydrogen-bond donors (Lipinski definition) is 2. The molecule has 0 aromatic carbocycles. The zero-order valence-corrected chi connectivity index (χ0v) is 6.64. The Balaban J connectivity index is 2.79. The van der Waals surface area contributed by atoms with Crippen LogP contribution in [-0.2, 0) is 0 Å². The van der Waals surface area contributed by atoms with Gasteiger partial charge in [-0.25, -0.2) is 9.78 Å². The van der Waals surface area contributed by atoms with Crippen LogP contribution < -0.4 is 5.73 Å². The Morgan fingerprint density at radius 2 is 2.31 bits per heavy atom. The zero-order chi connectivity index (χ0) is 9.42. The molecule has 3 N–H and O–H groups in total. The van der Waals surface area contributed by atoms with E-state index in [9.17, 15) is 4.79 Å². The molecule has 0 fully saturated rings. The Labute approximate surface area is 73.4 Å². The number of aromatic nitrogens is 2. The molecule has 0 unspecified atom stereocenters. The number of fused-ring (bicyclic) bond motifs is 1. The SMILES string of the molecule is Nc1ccc2ncc(C(=O)O)n2c1. The van der Waals surface area contributed by atoms with Gasteiger partial charge in [-0.05, 0) is 12.1 Å². The minimum atomic E-state index is -1.02. The van der Waals surface area contributed by atoms with Crippen LogP contribution in [0, 0.1) is 0 Å². The monoisotopic (exact) mass is 177 g/mol. The van der Waals surface area contributed by atoms with Crippen molar-refractivity contribution in [1.29, 1.82) is 0 Å².